The van der Waals surface area contributed by atoms with Crippen molar-refractivity contribution in [2.45, 2.75) is 13.0 Å². The quantitative estimate of drug-likeness (QED) is 0.870. The molecule has 0 saturated carbocycles. The fraction of sp³-hybridized carbons (Fsp3) is 0.333. The second-order valence-corrected chi connectivity index (χ2v) is 4.66. The second kappa shape index (κ2) is 6.86. The van der Waals surface area contributed by atoms with Crippen LogP contribution in [0.2, 0.25) is 0 Å². The van der Waals surface area contributed by atoms with E-state index in [2.05, 4.69) is 39.1 Å². The average molecular weight is 272 g/mol. The molecule has 5 heteroatoms. The topological polar surface area (TPSA) is 64.3 Å². The Hall–Kier alpha value is -2.14. The molecular weight excluding hydrogens is 252 g/mol. The van der Waals surface area contributed by atoms with Crippen molar-refractivity contribution in [3.8, 4) is 0 Å². The van der Waals surface area contributed by atoms with Crippen LogP contribution in [0.25, 0.3) is 0 Å². The van der Waals surface area contributed by atoms with Crippen LogP contribution in [0.5, 0.6) is 0 Å². The van der Waals surface area contributed by atoms with Crippen molar-refractivity contribution in [3.05, 3.63) is 47.8 Å². The zero-order chi connectivity index (χ0) is 14.4. The van der Waals surface area contributed by atoms with Gasteiger partial charge in [-0.15, -0.1) is 0 Å². The van der Waals surface area contributed by atoms with Crippen LogP contribution >= 0.6 is 0 Å². The van der Waals surface area contributed by atoms with Gasteiger partial charge in [0.15, 0.2) is 5.82 Å². The molecule has 2 N–H and O–H groups in total. The minimum Gasteiger partial charge on any atom is -0.384 e. The maximum atomic E-state index is 5.80. The van der Waals surface area contributed by atoms with Gasteiger partial charge in [-0.2, -0.15) is 0 Å². The normalized spacial score (nSPS) is 10.5. The van der Waals surface area contributed by atoms with Gasteiger partial charge < -0.3 is 15.4 Å². The number of nitrogen functional groups attached to an aromatic ring is 1. The summed E-state index contributed by atoms with van der Waals surface area (Å²) in [6, 6.07) is 12.2. The highest BCUT2D eigenvalue weighted by Gasteiger charge is 2.07. The molecule has 0 unspecified atom stereocenters. The van der Waals surface area contributed by atoms with Crippen LogP contribution in [0.1, 0.15) is 11.4 Å². The largest absolute Gasteiger partial charge is 0.384 e. The van der Waals surface area contributed by atoms with E-state index in [0.29, 0.717) is 18.2 Å². The summed E-state index contributed by atoms with van der Waals surface area (Å²) in [4.78, 5) is 10.7. The monoisotopic (exact) mass is 272 g/mol. The fourth-order valence-corrected chi connectivity index (χ4v) is 1.95. The molecule has 0 bridgehead atoms. The van der Waals surface area contributed by atoms with Crippen LogP contribution < -0.4 is 10.6 Å². The van der Waals surface area contributed by atoms with E-state index in [9.17, 15) is 0 Å². The number of nitrogens with zero attached hydrogens (tertiary/aromatic N) is 3. The van der Waals surface area contributed by atoms with Crippen molar-refractivity contribution < 1.29 is 4.74 Å². The molecule has 0 radical (unpaired) electrons. The Bertz CT molecular complexity index is 545. The molecule has 0 aliphatic heterocycles. The van der Waals surface area contributed by atoms with E-state index in [1.54, 1.807) is 13.2 Å². The number of hydrogen-bond donors (Lipinski definition) is 1. The number of methoxy groups -OCH3 is 1. The van der Waals surface area contributed by atoms with E-state index in [1.807, 2.05) is 13.1 Å². The van der Waals surface area contributed by atoms with Gasteiger partial charge in [0, 0.05) is 26.8 Å². The van der Waals surface area contributed by atoms with Crippen molar-refractivity contribution in [2.24, 2.45) is 0 Å². The third-order valence-electron chi connectivity index (χ3n) is 3.02. The van der Waals surface area contributed by atoms with Gasteiger partial charge in [0.2, 0.25) is 0 Å². The van der Waals surface area contributed by atoms with Gasteiger partial charge in [-0.1, -0.05) is 30.3 Å². The lowest BCUT2D eigenvalue weighted by molar-refractivity contribution is 0.178. The van der Waals surface area contributed by atoms with Crippen LogP contribution in [0.4, 0.5) is 11.6 Å². The molecule has 0 aliphatic carbocycles. The minimum absolute atomic E-state index is 0.366. The molecule has 1 aromatic carbocycles. The van der Waals surface area contributed by atoms with Gasteiger partial charge in [0.05, 0.1) is 0 Å². The molecule has 2 rings (SSSR count). The van der Waals surface area contributed by atoms with E-state index in [0.717, 1.165) is 18.8 Å². The van der Waals surface area contributed by atoms with E-state index in [4.69, 9.17) is 10.5 Å². The molecular formula is C15H20N4O. The molecule has 1 aromatic heterocycles. The first-order valence-corrected chi connectivity index (χ1v) is 6.56. The molecule has 0 atom stereocenters. The number of rotatable bonds is 6. The van der Waals surface area contributed by atoms with Crippen LogP contribution in [-0.4, -0.2) is 30.7 Å². The van der Waals surface area contributed by atoms with Gasteiger partial charge in [-0.05, 0) is 12.0 Å². The zero-order valence-electron chi connectivity index (χ0n) is 11.9. The molecule has 106 valence electrons. The Labute approximate surface area is 119 Å². The van der Waals surface area contributed by atoms with Gasteiger partial charge in [0.1, 0.15) is 18.2 Å². The van der Waals surface area contributed by atoms with E-state index in [1.165, 1.54) is 5.56 Å². The molecule has 0 aliphatic rings. The summed E-state index contributed by atoms with van der Waals surface area (Å²) in [5, 5.41) is 0. The number of anilines is 2. The lowest BCUT2D eigenvalue weighted by Gasteiger charge is -2.19. The molecule has 0 saturated heterocycles. The minimum atomic E-state index is 0.366. The standard InChI is InChI=1S/C15H20N4O/c1-19(9-8-12-6-4-3-5-7-12)15-10-13(16)17-14(18-15)11-20-2/h3-7,10H,8-9,11H2,1-2H3,(H2,16,17,18). The summed E-state index contributed by atoms with van der Waals surface area (Å²) >= 11 is 0. The van der Waals surface area contributed by atoms with E-state index >= 15 is 0 Å². The van der Waals surface area contributed by atoms with Gasteiger partial charge in [-0.25, -0.2) is 9.97 Å². The number of ether oxygens (including phenoxy) is 1. The summed E-state index contributed by atoms with van der Waals surface area (Å²) in [7, 11) is 3.62. The Morgan fingerprint density at radius 1 is 1.20 bits per heavy atom. The molecule has 5 nitrogen and oxygen atoms in total. The first-order chi connectivity index (χ1) is 9.69. The molecule has 20 heavy (non-hydrogen) atoms. The SMILES string of the molecule is COCc1nc(N)cc(N(C)CCc2ccccc2)n1. The van der Waals surface area contributed by atoms with Crippen LogP contribution in [0.3, 0.4) is 0 Å². The third-order valence-corrected chi connectivity index (χ3v) is 3.02. The number of nitrogens with two attached hydrogens (primary N) is 1. The summed E-state index contributed by atoms with van der Waals surface area (Å²) in [6.07, 6.45) is 0.959. The van der Waals surface area contributed by atoms with Crippen molar-refractivity contribution in [2.75, 3.05) is 31.3 Å². The third kappa shape index (κ3) is 3.93. The Morgan fingerprint density at radius 3 is 2.65 bits per heavy atom. The Balaban J connectivity index is 2.03. The molecule has 2 aromatic rings. The van der Waals surface area contributed by atoms with Crippen molar-refractivity contribution in [3.63, 3.8) is 0 Å². The van der Waals surface area contributed by atoms with Crippen LogP contribution in [0.15, 0.2) is 36.4 Å². The van der Waals surface area contributed by atoms with Gasteiger partial charge in [0.25, 0.3) is 0 Å². The lowest BCUT2D eigenvalue weighted by atomic mass is 10.1. The smallest absolute Gasteiger partial charge is 0.158 e. The van der Waals surface area contributed by atoms with Gasteiger partial charge in [-0.3, -0.25) is 0 Å². The van der Waals surface area contributed by atoms with E-state index < -0.39 is 0 Å². The van der Waals surface area contributed by atoms with Crippen LogP contribution in [-0.2, 0) is 17.8 Å². The maximum absolute atomic E-state index is 5.80. The Morgan fingerprint density at radius 2 is 1.95 bits per heavy atom. The fourth-order valence-electron chi connectivity index (χ4n) is 1.95. The van der Waals surface area contributed by atoms with Crippen molar-refractivity contribution in [1.29, 1.82) is 0 Å². The molecule has 0 amide bonds. The predicted octanol–water partition coefficient (Wildman–Crippen LogP) is 1.88. The van der Waals surface area contributed by atoms with Crippen molar-refractivity contribution in [1.82, 2.24) is 9.97 Å². The molecule has 0 spiro atoms. The Kier molecular flexibility index (Phi) is 4.90. The van der Waals surface area contributed by atoms with E-state index in [-0.39, 0.29) is 0 Å². The first kappa shape index (κ1) is 14.3. The van der Waals surface area contributed by atoms with Crippen LogP contribution in [0, 0.1) is 0 Å². The second-order valence-electron chi connectivity index (χ2n) is 4.66. The molecule has 1 heterocycles. The summed E-state index contributed by atoms with van der Waals surface area (Å²) < 4.78 is 5.05. The number of aromatic nitrogens is 2. The lowest BCUT2D eigenvalue weighted by Crippen LogP contribution is -2.22. The van der Waals surface area contributed by atoms with Crippen molar-refractivity contribution >= 4 is 11.6 Å². The first-order valence-electron chi connectivity index (χ1n) is 6.56. The average Bonchev–Trinajstić information content (AvgIpc) is 2.45. The predicted molar refractivity (Wildman–Crippen MR) is 80.6 cm³/mol. The summed E-state index contributed by atoms with van der Waals surface area (Å²) in [5.41, 5.74) is 7.11. The highest BCUT2D eigenvalue weighted by Crippen LogP contribution is 2.14. The molecule has 0 fully saturated rings. The summed E-state index contributed by atoms with van der Waals surface area (Å²) in [5.74, 6) is 1.89. The summed E-state index contributed by atoms with van der Waals surface area (Å²) in [6.45, 7) is 1.23. The number of likely N-dealkylation sites (N-methyl/N-ethyl adjacent to an activating group) is 1. The maximum Gasteiger partial charge on any atom is 0.158 e. The number of benzene rings is 1. The highest BCUT2D eigenvalue weighted by atomic mass is 16.5. The number of hydrogen-bond acceptors (Lipinski definition) is 5. The highest BCUT2D eigenvalue weighted by molar-refractivity contribution is 5.46. The van der Waals surface area contributed by atoms with Gasteiger partial charge >= 0.3 is 0 Å². The zero-order valence-corrected chi connectivity index (χ0v) is 11.9.